The summed E-state index contributed by atoms with van der Waals surface area (Å²) < 4.78 is 8.11. The maximum Gasteiger partial charge on any atom is 0.292 e. The molecule has 2 aliphatic carbocycles. The molecule has 14 nitrogen and oxygen atoms in total. The van der Waals surface area contributed by atoms with Crippen LogP contribution in [0.5, 0.6) is 0 Å². The Hall–Kier alpha value is -5.96. The number of hydrogen-bond acceptors (Lipinski definition) is 10. The van der Waals surface area contributed by atoms with Crippen molar-refractivity contribution in [3.8, 4) is 44.8 Å². The standard InChI is InChI=1S/C39H40N6O.2C3H7NO.2C3H8.C2H4O2.C2H6O/c1-44-18-2-4-34(44)38-40-21-32(42-38)26-10-6-24(7-11-26)30-16-17-31(37-29-15-14-28(20-29)36(30)37)25-8-12-27(13-9-25)33-22-41-39(43-33)35-5-3-19-45(35)23-46;1-4-2-3-5;1-2-4-3-5;2*1-3-2;1-4-2-3;1-3-2/h6-13,16-17,21-23,28-29,34-35H,2-5,14-15,18-20H2,1H3,(H,40,42)(H,41,43);3-4H,2H2,1H3;3H,2H2,1H3,(H,4,5);2*3H2,1-2H3;2H,1H3;1-2H3/t28?,29?,34-,35-;;;;;;/m0....../s1. The van der Waals surface area contributed by atoms with Gasteiger partial charge in [0.05, 0.1) is 49.5 Å². The van der Waals surface area contributed by atoms with E-state index in [0.29, 0.717) is 37.3 Å². The second kappa shape index (κ2) is 32.0. The number of carbonyl (C=O) groups is 4. The number of benzene rings is 3. The first-order valence-corrected chi connectivity index (χ1v) is 24.6. The van der Waals surface area contributed by atoms with Crippen molar-refractivity contribution in [1.82, 2.24) is 40.4 Å². The number of likely N-dealkylation sites (N-methyl/N-ethyl adjacent to an activating group) is 1. The van der Waals surface area contributed by atoms with Crippen LogP contribution in [0.4, 0.5) is 0 Å². The SMILES string of the molecule is CCC.CCC.CCNC=O.CN1CCC[C@H]1c1ncc(-c2ccc(-c3ccc(-c4ccc(-c5cnc([C@@H]6CCCN6C=O)[nH]5)cc4)c4c3C3CCC4C3)cc2)[nH]1.CNCC=O.COC.COC=O. The van der Waals surface area contributed by atoms with Gasteiger partial charge < -0.3 is 39.8 Å². The minimum atomic E-state index is 0.0560. The molecule has 2 aromatic heterocycles. The number of nitrogens with zero attached hydrogens (tertiary/aromatic N) is 4. The third-order valence-electron chi connectivity index (χ3n) is 12.0. The molecule has 3 fully saturated rings. The highest BCUT2D eigenvalue weighted by Crippen LogP contribution is 2.58. The first kappa shape index (κ1) is 57.4. The van der Waals surface area contributed by atoms with Gasteiger partial charge in [0.25, 0.3) is 6.47 Å². The molecule has 3 aromatic carbocycles. The van der Waals surface area contributed by atoms with Gasteiger partial charge in [-0.15, -0.1) is 0 Å². The topological polar surface area (TPSA) is 175 Å². The van der Waals surface area contributed by atoms with E-state index in [2.05, 4.69) is 135 Å². The van der Waals surface area contributed by atoms with E-state index in [-0.39, 0.29) is 6.04 Å². The number of imidazole rings is 2. The fourth-order valence-corrected chi connectivity index (χ4v) is 9.12. The Balaban J connectivity index is 0.000000463. The van der Waals surface area contributed by atoms with Crippen LogP contribution in [-0.4, -0.2) is 117 Å². The van der Waals surface area contributed by atoms with Crippen LogP contribution in [0.3, 0.4) is 0 Å². The smallest absolute Gasteiger partial charge is 0.292 e. The number of likely N-dealkylation sites (tertiary alicyclic amines) is 2. The van der Waals surface area contributed by atoms with Crippen LogP contribution >= 0.6 is 0 Å². The maximum atomic E-state index is 11.5. The van der Waals surface area contributed by atoms with Crippen molar-refractivity contribution >= 4 is 25.6 Å². The predicted molar refractivity (Wildman–Crippen MR) is 279 cm³/mol. The molecule has 9 rings (SSSR count). The van der Waals surface area contributed by atoms with Crippen LogP contribution in [0, 0.1) is 0 Å². The van der Waals surface area contributed by atoms with Gasteiger partial charge in [-0.3, -0.25) is 19.3 Å². The van der Waals surface area contributed by atoms with Crippen molar-refractivity contribution in [1.29, 1.82) is 0 Å². The Labute approximate surface area is 411 Å². The van der Waals surface area contributed by atoms with E-state index in [1.807, 2.05) is 24.2 Å². The third-order valence-corrected chi connectivity index (χ3v) is 12.0. The van der Waals surface area contributed by atoms with Gasteiger partial charge in [-0.05, 0) is 129 Å². The number of aromatic nitrogens is 4. The Kier molecular flexibility index (Phi) is 26.6. The zero-order chi connectivity index (χ0) is 50.6. The van der Waals surface area contributed by atoms with Crippen LogP contribution in [0.1, 0.15) is 139 Å². The predicted octanol–water partition coefficient (Wildman–Crippen LogP) is 10.3. The van der Waals surface area contributed by atoms with Crippen molar-refractivity contribution in [2.24, 2.45) is 0 Å². The van der Waals surface area contributed by atoms with Crippen LogP contribution < -0.4 is 10.6 Å². The number of hydrogen-bond donors (Lipinski definition) is 4. The second-order valence-corrected chi connectivity index (χ2v) is 17.4. The van der Waals surface area contributed by atoms with Crippen molar-refractivity contribution in [2.45, 2.75) is 116 Å². The minimum Gasteiger partial charge on any atom is -0.471 e. The van der Waals surface area contributed by atoms with Crippen LogP contribution in [-0.2, 0) is 28.7 Å². The monoisotopic (exact) mass is 949 g/mol. The molecule has 14 heteroatoms. The zero-order valence-electron chi connectivity index (χ0n) is 43.0. The molecule has 0 spiro atoms. The Morgan fingerprint density at radius 1 is 0.667 bits per heavy atom. The van der Waals surface area contributed by atoms with E-state index >= 15 is 0 Å². The summed E-state index contributed by atoms with van der Waals surface area (Å²) in [5.74, 6) is 3.26. The van der Waals surface area contributed by atoms with E-state index in [1.165, 1.54) is 79.9 Å². The molecule has 69 heavy (non-hydrogen) atoms. The zero-order valence-corrected chi connectivity index (χ0v) is 43.0. The van der Waals surface area contributed by atoms with Crippen molar-refractivity contribution < 1.29 is 28.7 Å². The number of carbonyl (C=O) groups excluding carboxylic acids is 4. The molecule has 2 unspecified atom stereocenters. The third kappa shape index (κ3) is 16.3. The Bertz CT molecular complexity index is 2210. The molecule has 4 atom stereocenters. The quantitative estimate of drug-likeness (QED) is 0.0882. The molecule has 1 saturated carbocycles. The van der Waals surface area contributed by atoms with E-state index in [1.54, 1.807) is 32.4 Å². The van der Waals surface area contributed by atoms with Gasteiger partial charge >= 0.3 is 0 Å². The summed E-state index contributed by atoms with van der Waals surface area (Å²) in [4.78, 5) is 59.8. The van der Waals surface area contributed by atoms with Crippen LogP contribution in [0.15, 0.2) is 73.1 Å². The van der Waals surface area contributed by atoms with Crippen LogP contribution in [0.25, 0.3) is 44.8 Å². The van der Waals surface area contributed by atoms with E-state index < -0.39 is 0 Å². The highest BCUT2D eigenvalue weighted by Gasteiger charge is 2.40. The Morgan fingerprint density at radius 2 is 1.10 bits per heavy atom. The van der Waals surface area contributed by atoms with Gasteiger partial charge in [0, 0.05) is 27.3 Å². The van der Waals surface area contributed by atoms with Gasteiger partial charge in [-0.2, -0.15) is 0 Å². The molecule has 4 heterocycles. The number of rotatable bonds is 12. The average molecular weight is 949 g/mol. The number of H-pyrrole nitrogens is 2. The Morgan fingerprint density at radius 3 is 1.45 bits per heavy atom. The van der Waals surface area contributed by atoms with E-state index in [0.717, 1.165) is 73.8 Å². The van der Waals surface area contributed by atoms with Crippen molar-refractivity contribution in [3.05, 3.63) is 95.8 Å². The lowest BCUT2D eigenvalue weighted by Crippen LogP contribution is -2.21. The number of methoxy groups -OCH3 is 2. The normalized spacial score (nSPS) is 18.0. The first-order valence-electron chi connectivity index (χ1n) is 24.6. The summed E-state index contributed by atoms with van der Waals surface area (Å²) in [5, 5.41) is 5.08. The number of amides is 2. The van der Waals surface area contributed by atoms with Gasteiger partial charge in [-0.1, -0.05) is 101 Å². The average Bonchev–Trinajstić information content (AvgIpc) is 4.25. The first-order chi connectivity index (χ1) is 33.6. The number of fused-ring (bicyclic) bond motifs is 5. The van der Waals surface area contributed by atoms with Gasteiger partial charge in [0.1, 0.15) is 17.9 Å². The number of ether oxygens (including phenoxy) is 2. The number of nitrogens with one attached hydrogen (secondary N) is 4. The lowest BCUT2D eigenvalue weighted by Gasteiger charge is -2.23. The molecule has 2 aliphatic heterocycles. The molecule has 4 aliphatic rings. The lowest BCUT2D eigenvalue weighted by molar-refractivity contribution is -0.126. The molecule has 2 amide bonds. The highest BCUT2D eigenvalue weighted by molar-refractivity contribution is 5.82. The largest absolute Gasteiger partial charge is 0.471 e. The van der Waals surface area contributed by atoms with E-state index in [4.69, 9.17) is 9.78 Å². The van der Waals surface area contributed by atoms with Gasteiger partial charge in [0.2, 0.25) is 12.8 Å². The molecule has 4 N–H and O–H groups in total. The molecule has 0 radical (unpaired) electrons. The molecule has 2 bridgehead atoms. The van der Waals surface area contributed by atoms with Gasteiger partial charge in [-0.25, -0.2) is 9.97 Å². The summed E-state index contributed by atoms with van der Waals surface area (Å²) in [6, 6.07) is 23.2. The molecular formula is C55H80N8O6. The van der Waals surface area contributed by atoms with Crippen molar-refractivity contribution in [2.75, 3.05) is 61.6 Å². The number of aldehydes is 1. The second-order valence-electron chi connectivity index (χ2n) is 17.4. The molecule has 376 valence electrons. The molecular weight excluding hydrogens is 869 g/mol. The van der Waals surface area contributed by atoms with Gasteiger partial charge in [0.15, 0.2) is 0 Å². The summed E-state index contributed by atoms with van der Waals surface area (Å²) >= 11 is 0. The summed E-state index contributed by atoms with van der Waals surface area (Å²) in [7, 11) is 8.49. The fraction of sp³-hybridized carbons (Fsp3) is 0.491. The highest BCUT2D eigenvalue weighted by atomic mass is 16.5. The fourth-order valence-electron chi connectivity index (χ4n) is 9.12. The number of aromatic amines is 2. The maximum absolute atomic E-state index is 11.5. The van der Waals surface area contributed by atoms with Crippen LogP contribution in [0.2, 0.25) is 0 Å². The molecule has 2 saturated heterocycles. The summed E-state index contributed by atoms with van der Waals surface area (Å²) in [6.45, 7) is 13.9. The molecule has 5 aromatic rings. The lowest BCUT2D eigenvalue weighted by atomic mass is 9.81. The minimum absolute atomic E-state index is 0.0560. The summed E-state index contributed by atoms with van der Waals surface area (Å²) in [5.41, 5.74) is 12.9. The van der Waals surface area contributed by atoms with Crippen molar-refractivity contribution in [3.63, 3.8) is 0 Å². The van der Waals surface area contributed by atoms with E-state index in [9.17, 15) is 14.4 Å². The summed E-state index contributed by atoms with van der Waals surface area (Å²) in [6.07, 6.45) is 17.1.